The van der Waals surface area contributed by atoms with Gasteiger partial charge in [-0.25, -0.2) is 0 Å². The summed E-state index contributed by atoms with van der Waals surface area (Å²) >= 11 is 1.81. The van der Waals surface area contributed by atoms with Crippen LogP contribution in [0.25, 0.3) is 17.2 Å². The second-order valence-corrected chi connectivity index (χ2v) is 9.29. The van der Waals surface area contributed by atoms with Crippen molar-refractivity contribution in [2.24, 2.45) is 0 Å². The molecular formula is C21H16F6OS2. The Morgan fingerprint density at radius 2 is 1.27 bits per heavy atom. The zero-order valence-corrected chi connectivity index (χ0v) is 17.7. The van der Waals surface area contributed by atoms with Gasteiger partial charge in [-0.2, -0.15) is 26.3 Å². The highest BCUT2D eigenvalue weighted by molar-refractivity contribution is 7.14. The smallest absolute Gasteiger partial charge is 0.297 e. The number of allylic oxidation sites excluding steroid dienone is 5. The molecule has 1 nitrogen and oxygen atoms in total. The summed E-state index contributed by atoms with van der Waals surface area (Å²) < 4.78 is 88.0. The van der Waals surface area contributed by atoms with Crippen LogP contribution in [0.15, 0.2) is 30.4 Å². The van der Waals surface area contributed by atoms with Crippen LogP contribution in [0, 0.1) is 13.8 Å². The van der Waals surface area contributed by atoms with Gasteiger partial charge in [0, 0.05) is 25.8 Å². The van der Waals surface area contributed by atoms with Gasteiger partial charge < -0.3 is 0 Å². The zero-order valence-electron chi connectivity index (χ0n) is 16.0. The van der Waals surface area contributed by atoms with E-state index in [4.69, 9.17) is 0 Å². The number of aldehydes is 1. The minimum absolute atomic E-state index is 0.0132. The first-order chi connectivity index (χ1) is 13.9. The van der Waals surface area contributed by atoms with E-state index in [9.17, 15) is 31.1 Å². The molecule has 160 valence electrons. The molecule has 0 saturated carbocycles. The SMILES string of the molecule is C/C=C/C=C/c1cc(C2=C(c3cc(C=O)sc3C)C(F)(F)C(F)(F)C2(F)F)c(C)s1. The van der Waals surface area contributed by atoms with E-state index >= 15 is 0 Å². The Morgan fingerprint density at radius 1 is 0.800 bits per heavy atom. The predicted molar refractivity (Wildman–Crippen MR) is 109 cm³/mol. The molecule has 1 aliphatic carbocycles. The molecule has 0 radical (unpaired) electrons. The lowest BCUT2D eigenvalue weighted by Crippen LogP contribution is -2.48. The molecular weight excluding hydrogens is 446 g/mol. The number of hydrogen-bond donors (Lipinski definition) is 0. The fourth-order valence-corrected chi connectivity index (χ4v) is 5.14. The van der Waals surface area contributed by atoms with E-state index in [0.717, 1.165) is 28.7 Å². The number of alkyl halides is 6. The van der Waals surface area contributed by atoms with E-state index in [-0.39, 0.29) is 20.2 Å². The standard InChI is InChI=1S/C21H16F6OS2/c1-4-5-6-7-13-8-15(11(2)29-13)17-18(16-9-14(10-28)30-12(16)3)20(24,25)21(26,27)19(17,22)23/h4-10H,1-3H3/b5-4+,7-6+. The molecule has 30 heavy (non-hydrogen) atoms. The predicted octanol–water partition coefficient (Wildman–Crippen LogP) is 7.66. The van der Waals surface area contributed by atoms with Gasteiger partial charge in [-0.15, -0.1) is 22.7 Å². The zero-order chi connectivity index (χ0) is 22.5. The number of thiophene rings is 2. The summed E-state index contributed by atoms with van der Waals surface area (Å²) in [6.45, 7) is 4.51. The van der Waals surface area contributed by atoms with Crippen LogP contribution >= 0.6 is 22.7 Å². The first-order valence-corrected chi connectivity index (χ1v) is 10.4. The van der Waals surface area contributed by atoms with Crippen molar-refractivity contribution in [2.45, 2.75) is 38.5 Å². The molecule has 1 aliphatic rings. The quantitative estimate of drug-likeness (QED) is 0.253. The lowest BCUT2D eigenvalue weighted by Gasteiger charge is -2.25. The molecule has 0 bridgehead atoms. The maximum atomic E-state index is 14.8. The highest BCUT2D eigenvalue weighted by Crippen LogP contribution is 2.65. The molecule has 0 atom stereocenters. The normalized spacial score (nSPS) is 20.0. The van der Waals surface area contributed by atoms with E-state index in [1.807, 2.05) is 0 Å². The summed E-state index contributed by atoms with van der Waals surface area (Å²) in [6.07, 6.45) is 6.98. The van der Waals surface area contributed by atoms with Gasteiger partial charge in [0.05, 0.1) is 4.88 Å². The Kier molecular flexibility index (Phi) is 5.66. The second-order valence-electron chi connectivity index (χ2n) is 6.71. The molecule has 3 rings (SSSR count). The fourth-order valence-electron chi connectivity index (χ4n) is 3.34. The van der Waals surface area contributed by atoms with Crippen LogP contribution in [0.4, 0.5) is 26.3 Å². The first kappa shape index (κ1) is 22.6. The van der Waals surface area contributed by atoms with Gasteiger partial charge in [0.15, 0.2) is 6.29 Å². The molecule has 9 heteroatoms. The number of halogens is 6. The molecule has 0 N–H and O–H groups in total. The molecule has 2 aromatic heterocycles. The topological polar surface area (TPSA) is 17.1 Å². The maximum Gasteiger partial charge on any atom is 0.380 e. The first-order valence-electron chi connectivity index (χ1n) is 8.75. The van der Waals surface area contributed by atoms with Gasteiger partial charge in [-0.3, -0.25) is 4.79 Å². The summed E-state index contributed by atoms with van der Waals surface area (Å²) in [5, 5.41) is 0. The van der Waals surface area contributed by atoms with Crippen LogP contribution in [0.3, 0.4) is 0 Å². The molecule has 0 aliphatic heterocycles. The van der Waals surface area contributed by atoms with Gasteiger partial charge >= 0.3 is 17.8 Å². The molecule has 2 heterocycles. The number of aryl methyl sites for hydroxylation is 2. The van der Waals surface area contributed by atoms with Gasteiger partial charge in [0.1, 0.15) is 0 Å². The summed E-state index contributed by atoms with van der Waals surface area (Å²) in [4.78, 5) is 11.8. The Balaban J connectivity index is 2.36. The third-order valence-corrected chi connectivity index (χ3v) is 6.75. The van der Waals surface area contributed by atoms with Gasteiger partial charge in [0.25, 0.3) is 0 Å². The largest absolute Gasteiger partial charge is 0.380 e. The van der Waals surface area contributed by atoms with Crippen LogP contribution < -0.4 is 0 Å². The third-order valence-electron chi connectivity index (χ3n) is 4.76. The summed E-state index contributed by atoms with van der Waals surface area (Å²) in [5.74, 6) is -15.8. The van der Waals surface area contributed by atoms with Gasteiger partial charge in [-0.1, -0.05) is 18.2 Å². The number of rotatable bonds is 5. The monoisotopic (exact) mass is 462 g/mol. The molecule has 0 saturated heterocycles. The van der Waals surface area contributed by atoms with Crippen molar-refractivity contribution in [1.29, 1.82) is 0 Å². The Hall–Kier alpha value is -2.13. The van der Waals surface area contributed by atoms with E-state index < -0.39 is 34.5 Å². The minimum Gasteiger partial charge on any atom is -0.297 e. The number of carbonyl (C=O) groups excluding carboxylic acids is 1. The van der Waals surface area contributed by atoms with Crippen LogP contribution in [0.5, 0.6) is 0 Å². The van der Waals surface area contributed by atoms with E-state index in [1.165, 1.54) is 19.9 Å². The van der Waals surface area contributed by atoms with E-state index in [1.54, 1.807) is 31.2 Å². The van der Waals surface area contributed by atoms with Crippen molar-refractivity contribution in [2.75, 3.05) is 0 Å². The van der Waals surface area contributed by atoms with Crippen LogP contribution in [-0.4, -0.2) is 24.1 Å². The van der Waals surface area contributed by atoms with Crippen molar-refractivity contribution in [3.8, 4) is 0 Å². The van der Waals surface area contributed by atoms with E-state index in [2.05, 4.69) is 0 Å². The molecule has 0 spiro atoms. The van der Waals surface area contributed by atoms with Crippen molar-refractivity contribution in [3.63, 3.8) is 0 Å². The summed E-state index contributed by atoms with van der Waals surface area (Å²) in [7, 11) is 0. The van der Waals surface area contributed by atoms with Crippen LogP contribution in [-0.2, 0) is 0 Å². The number of hydrogen-bond acceptors (Lipinski definition) is 3. The number of carbonyl (C=O) groups is 1. The Morgan fingerprint density at radius 3 is 1.70 bits per heavy atom. The molecule has 0 unspecified atom stereocenters. The highest BCUT2D eigenvalue weighted by Gasteiger charge is 2.80. The molecule has 0 amide bonds. The van der Waals surface area contributed by atoms with Crippen molar-refractivity contribution < 1.29 is 31.1 Å². The molecule has 0 fully saturated rings. The molecule has 0 aromatic carbocycles. The van der Waals surface area contributed by atoms with Crippen LogP contribution in [0.1, 0.15) is 42.4 Å². The van der Waals surface area contributed by atoms with Gasteiger partial charge in [0.2, 0.25) is 0 Å². The lowest BCUT2D eigenvalue weighted by molar-refractivity contribution is -0.254. The lowest BCUT2D eigenvalue weighted by atomic mass is 9.95. The third kappa shape index (κ3) is 3.19. The second kappa shape index (κ2) is 7.53. The average molecular weight is 462 g/mol. The van der Waals surface area contributed by atoms with Gasteiger partial charge in [-0.05, 0) is 50.1 Å². The Labute approximate surface area is 177 Å². The van der Waals surface area contributed by atoms with Crippen molar-refractivity contribution >= 4 is 46.2 Å². The van der Waals surface area contributed by atoms with Crippen molar-refractivity contribution in [3.05, 3.63) is 61.0 Å². The van der Waals surface area contributed by atoms with E-state index in [0.29, 0.717) is 11.2 Å². The maximum absolute atomic E-state index is 14.8. The minimum atomic E-state index is -5.62. The Bertz CT molecular complexity index is 1090. The fraction of sp³-hybridized carbons (Fsp3) is 0.286. The highest BCUT2D eigenvalue weighted by atomic mass is 32.1. The molecule has 2 aromatic rings. The summed E-state index contributed by atoms with van der Waals surface area (Å²) in [5.41, 5.74) is -3.63. The summed E-state index contributed by atoms with van der Waals surface area (Å²) in [6, 6.07) is 2.17. The van der Waals surface area contributed by atoms with Crippen molar-refractivity contribution in [1.82, 2.24) is 0 Å². The average Bonchev–Trinajstić information content (AvgIpc) is 3.23. The van der Waals surface area contributed by atoms with Crippen LogP contribution in [0.2, 0.25) is 0 Å².